The van der Waals surface area contributed by atoms with Crippen LogP contribution in [0.3, 0.4) is 0 Å². The summed E-state index contributed by atoms with van der Waals surface area (Å²) < 4.78 is 8.88. The van der Waals surface area contributed by atoms with Gasteiger partial charge in [-0.2, -0.15) is 9.61 Å². The van der Waals surface area contributed by atoms with Crippen LogP contribution in [0.2, 0.25) is 0 Å². The zero-order valence-electron chi connectivity index (χ0n) is 20.5. The Labute approximate surface area is 204 Å². The van der Waals surface area contributed by atoms with Crippen molar-refractivity contribution in [3.05, 3.63) is 46.5 Å². The van der Waals surface area contributed by atoms with Gasteiger partial charge in [-0.1, -0.05) is 6.92 Å². The third kappa shape index (κ3) is 4.50. The standard InChI is InChI=1S/C25H33N7O3/c1-15-6-11-19(15)29-24(33)18-14-27-32-22(26-2)13-21(30-23(18)32)28-20-5-4-12-31(25(20)34)16-7-9-17(35-3)10-8-16/h4-5,12-17,19,26H,6-11H2,1-3H3,(H,28,30)(H,29,33)/t15-,16-,17+,19+/m1/s1. The minimum Gasteiger partial charge on any atom is -0.381 e. The van der Waals surface area contributed by atoms with Gasteiger partial charge in [0.1, 0.15) is 22.9 Å². The van der Waals surface area contributed by atoms with E-state index in [0.29, 0.717) is 34.5 Å². The van der Waals surface area contributed by atoms with Crippen molar-refractivity contribution >= 4 is 28.9 Å². The molecule has 0 spiro atoms. The maximum atomic E-state index is 13.3. The Balaban J connectivity index is 1.42. The quantitative estimate of drug-likeness (QED) is 0.476. The van der Waals surface area contributed by atoms with Crippen LogP contribution in [0, 0.1) is 5.92 Å². The average molecular weight is 480 g/mol. The first-order chi connectivity index (χ1) is 17.0. The summed E-state index contributed by atoms with van der Waals surface area (Å²) >= 11 is 0. The summed E-state index contributed by atoms with van der Waals surface area (Å²) in [6.07, 6.45) is 9.47. The lowest BCUT2D eigenvalue weighted by Gasteiger charge is -2.34. The van der Waals surface area contributed by atoms with E-state index in [4.69, 9.17) is 4.74 Å². The molecule has 5 rings (SSSR count). The molecule has 1 amide bonds. The first kappa shape index (κ1) is 23.3. The third-order valence-electron chi connectivity index (χ3n) is 7.52. The van der Waals surface area contributed by atoms with Crippen molar-refractivity contribution in [2.24, 2.45) is 5.92 Å². The molecule has 0 bridgehead atoms. The molecule has 3 N–H and O–H groups in total. The Morgan fingerprint density at radius 3 is 2.63 bits per heavy atom. The molecule has 0 saturated heterocycles. The number of methoxy groups -OCH3 is 1. The van der Waals surface area contributed by atoms with Crippen LogP contribution in [0.4, 0.5) is 17.3 Å². The molecule has 2 fully saturated rings. The van der Waals surface area contributed by atoms with Gasteiger partial charge in [0.25, 0.3) is 11.5 Å². The highest BCUT2D eigenvalue weighted by Crippen LogP contribution is 2.30. The third-order valence-corrected chi connectivity index (χ3v) is 7.52. The van der Waals surface area contributed by atoms with Gasteiger partial charge >= 0.3 is 0 Å². The molecule has 3 aromatic rings. The van der Waals surface area contributed by atoms with E-state index in [1.807, 2.05) is 16.8 Å². The Bertz CT molecular complexity index is 1280. The van der Waals surface area contributed by atoms with E-state index in [9.17, 15) is 9.59 Å². The summed E-state index contributed by atoms with van der Waals surface area (Å²) in [5, 5.41) is 13.7. The van der Waals surface area contributed by atoms with Crippen molar-refractivity contribution in [3.8, 4) is 0 Å². The molecular formula is C25H33N7O3. The topological polar surface area (TPSA) is 115 Å². The van der Waals surface area contributed by atoms with Crippen LogP contribution in [0.15, 0.2) is 35.4 Å². The molecule has 186 valence electrons. The number of rotatable bonds is 7. The second-order valence-electron chi connectivity index (χ2n) is 9.63. The highest BCUT2D eigenvalue weighted by Gasteiger charge is 2.29. The van der Waals surface area contributed by atoms with Crippen LogP contribution >= 0.6 is 0 Å². The van der Waals surface area contributed by atoms with Gasteiger partial charge < -0.3 is 25.3 Å². The van der Waals surface area contributed by atoms with Gasteiger partial charge in [0.2, 0.25) is 0 Å². The second-order valence-corrected chi connectivity index (χ2v) is 9.63. The van der Waals surface area contributed by atoms with Gasteiger partial charge in [0.05, 0.1) is 12.3 Å². The fourth-order valence-electron chi connectivity index (χ4n) is 5.08. The van der Waals surface area contributed by atoms with Crippen molar-refractivity contribution in [1.82, 2.24) is 24.5 Å². The predicted molar refractivity (Wildman–Crippen MR) is 134 cm³/mol. The fourth-order valence-corrected chi connectivity index (χ4v) is 5.08. The Morgan fingerprint density at radius 2 is 1.97 bits per heavy atom. The van der Waals surface area contributed by atoms with E-state index in [1.54, 1.807) is 30.8 Å². The molecule has 3 aromatic heterocycles. The van der Waals surface area contributed by atoms with Crippen molar-refractivity contribution in [2.75, 3.05) is 24.8 Å². The Kier molecular flexibility index (Phi) is 6.46. The molecule has 10 nitrogen and oxygen atoms in total. The summed E-state index contributed by atoms with van der Waals surface area (Å²) in [5.41, 5.74) is 1.18. The van der Waals surface area contributed by atoms with E-state index in [0.717, 1.165) is 38.5 Å². The number of anilines is 3. The van der Waals surface area contributed by atoms with Crippen molar-refractivity contribution in [3.63, 3.8) is 0 Å². The number of nitrogens with one attached hydrogen (secondary N) is 3. The molecule has 2 aliphatic carbocycles. The molecule has 35 heavy (non-hydrogen) atoms. The highest BCUT2D eigenvalue weighted by atomic mass is 16.5. The van der Waals surface area contributed by atoms with E-state index in [1.165, 1.54) is 6.20 Å². The molecule has 3 heterocycles. The monoisotopic (exact) mass is 479 g/mol. The summed E-state index contributed by atoms with van der Waals surface area (Å²) in [6, 6.07) is 5.74. The van der Waals surface area contributed by atoms with Gasteiger partial charge in [-0.25, -0.2) is 4.98 Å². The molecule has 0 unspecified atom stereocenters. The minimum atomic E-state index is -0.183. The minimum absolute atomic E-state index is 0.0912. The zero-order chi connectivity index (χ0) is 24.5. The van der Waals surface area contributed by atoms with Gasteiger partial charge in [0.15, 0.2) is 5.65 Å². The number of amides is 1. The molecule has 0 aliphatic heterocycles. The highest BCUT2D eigenvalue weighted by molar-refractivity contribution is 6.00. The van der Waals surface area contributed by atoms with Crippen molar-refractivity contribution in [1.29, 1.82) is 0 Å². The SMILES string of the molecule is CNc1cc(Nc2cccn([C@H]3CC[C@@H](OC)CC3)c2=O)nc2c(C(=O)N[C@H]3CC[C@H]3C)cnn12. The Morgan fingerprint density at radius 1 is 1.17 bits per heavy atom. The van der Waals surface area contributed by atoms with E-state index < -0.39 is 0 Å². The molecule has 2 saturated carbocycles. The van der Waals surface area contributed by atoms with Gasteiger partial charge in [-0.05, 0) is 56.6 Å². The van der Waals surface area contributed by atoms with E-state index in [2.05, 4.69) is 33.0 Å². The number of hydrogen-bond acceptors (Lipinski definition) is 7. The summed E-state index contributed by atoms with van der Waals surface area (Å²) in [6.45, 7) is 2.14. The molecule has 10 heteroatoms. The summed E-state index contributed by atoms with van der Waals surface area (Å²) in [7, 11) is 3.52. The van der Waals surface area contributed by atoms with Gasteiger partial charge in [-0.15, -0.1) is 0 Å². The van der Waals surface area contributed by atoms with Gasteiger partial charge in [-0.3, -0.25) is 9.59 Å². The average Bonchev–Trinajstić information content (AvgIpc) is 3.31. The van der Waals surface area contributed by atoms with Crippen LogP contribution < -0.4 is 21.5 Å². The van der Waals surface area contributed by atoms with E-state index in [-0.39, 0.29) is 29.7 Å². The molecule has 0 aromatic carbocycles. The fraction of sp³-hybridized carbons (Fsp3) is 0.520. The first-order valence-corrected chi connectivity index (χ1v) is 12.4. The maximum absolute atomic E-state index is 13.3. The first-order valence-electron chi connectivity index (χ1n) is 12.4. The lowest BCUT2D eigenvalue weighted by Crippen LogP contribution is -2.45. The normalized spacial score (nSPS) is 24.1. The zero-order valence-corrected chi connectivity index (χ0v) is 20.5. The Hall–Kier alpha value is -3.40. The number of aromatic nitrogens is 4. The molecule has 2 atom stereocenters. The largest absolute Gasteiger partial charge is 0.381 e. The van der Waals surface area contributed by atoms with Crippen molar-refractivity contribution in [2.45, 2.75) is 63.6 Å². The summed E-state index contributed by atoms with van der Waals surface area (Å²) in [4.78, 5) is 30.9. The molecule has 0 radical (unpaired) electrons. The smallest absolute Gasteiger partial charge is 0.274 e. The number of fused-ring (bicyclic) bond motifs is 1. The number of ether oxygens (including phenoxy) is 1. The van der Waals surface area contributed by atoms with Crippen LogP contribution in [-0.4, -0.2) is 51.4 Å². The maximum Gasteiger partial charge on any atom is 0.274 e. The number of carbonyl (C=O) groups is 1. The lowest BCUT2D eigenvalue weighted by molar-refractivity contribution is 0.0580. The number of pyridine rings is 1. The number of carbonyl (C=O) groups excluding carboxylic acids is 1. The van der Waals surface area contributed by atoms with Crippen LogP contribution in [0.1, 0.15) is 61.8 Å². The molecular weight excluding hydrogens is 446 g/mol. The summed E-state index contributed by atoms with van der Waals surface area (Å²) in [5.74, 6) is 1.41. The van der Waals surface area contributed by atoms with Crippen LogP contribution in [0.5, 0.6) is 0 Å². The van der Waals surface area contributed by atoms with Crippen LogP contribution in [0.25, 0.3) is 5.65 Å². The number of nitrogens with zero attached hydrogens (tertiary/aromatic N) is 4. The van der Waals surface area contributed by atoms with Gasteiger partial charge in [0, 0.05) is 38.5 Å². The molecule has 2 aliphatic rings. The predicted octanol–water partition coefficient (Wildman–Crippen LogP) is 3.33. The van der Waals surface area contributed by atoms with Crippen molar-refractivity contribution < 1.29 is 9.53 Å². The second kappa shape index (κ2) is 9.69. The number of hydrogen-bond donors (Lipinski definition) is 3. The van der Waals surface area contributed by atoms with E-state index >= 15 is 0 Å². The van der Waals surface area contributed by atoms with Crippen LogP contribution in [-0.2, 0) is 4.74 Å². The lowest BCUT2D eigenvalue weighted by atomic mass is 9.81.